The maximum atomic E-state index is 13.5. The molecule has 0 aromatic heterocycles. The maximum absolute atomic E-state index is 13.5. The van der Waals surface area contributed by atoms with E-state index in [9.17, 15) is 18.8 Å². The molecule has 0 atom stereocenters. The Labute approximate surface area is 190 Å². The number of amides is 3. The molecule has 3 aromatic carbocycles. The van der Waals surface area contributed by atoms with Gasteiger partial charge < -0.3 is 10.6 Å². The van der Waals surface area contributed by atoms with E-state index in [-0.39, 0.29) is 17.2 Å². The summed E-state index contributed by atoms with van der Waals surface area (Å²) in [7, 11) is 0. The van der Waals surface area contributed by atoms with Crippen LogP contribution in [0.3, 0.4) is 0 Å². The Kier molecular flexibility index (Phi) is 5.79. The van der Waals surface area contributed by atoms with Crippen LogP contribution in [-0.2, 0) is 14.4 Å². The lowest BCUT2D eigenvalue weighted by molar-refractivity contribution is -0.120. The standard InChI is InChI=1S/C26H22FN3O3/c1-15-4-9-21(14-16(15)2)29-24-23(18-5-7-19(27)8-6-18)25(32)30(26(24)33)22-12-10-20(11-13-22)28-17(3)31/h4-14,29H,1-3H3,(H,28,31). The molecule has 3 amide bonds. The summed E-state index contributed by atoms with van der Waals surface area (Å²) in [4.78, 5) is 39.2. The van der Waals surface area contributed by atoms with Crippen LogP contribution in [0.25, 0.3) is 5.57 Å². The number of anilines is 3. The first-order chi connectivity index (χ1) is 15.7. The zero-order valence-corrected chi connectivity index (χ0v) is 18.4. The summed E-state index contributed by atoms with van der Waals surface area (Å²) in [5.74, 6) is -1.71. The highest BCUT2D eigenvalue weighted by molar-refractivity contribution is 6.46. The van der Waals surface area contributed by atoms with Gasteiger partial charge in [0.25, 0.3) is 11.8 Å². The third-order valence-corrected chi connectivity index (χ3v) is 5.44. The van der Waals surface area contributed by atoms with E-state index in [1.54, 1.807) is 24.3 Å². The number of benzene rings is 3. The second-order valence-corrected chi connectivity index (χ2v) is 7.85. The number of nitrogens with one attached hydrogen (secondary N) is 2. The third-order valence-electron chi connectivity index (χ3n) is 5.44. The molecule has 0 bridgehead atoms. The first kappa shape index (κ1) is 22.0. The number of aryl methyl sites for hydroxylation is 2. The van der Waals surface area contributed by atoms with E-state index in [2.05, 4.69) is 10.6 Å². The van der Waals surface area contributed by atoms with Gasteiger partial charge in [0, 0.05) is 18.3 Å². The largest absolute Gasteiger partial charge is 0.350 e. The average Bonchev–Trinajstić information content (AvgIpc) is 3.01. The van der Waals surface area contributed by atoms with Gasteiger partial charge in [-0.2, -0.15) is 0 Å². The number of carbonyl (C=O) groups is 3. The van der Waals surface area contributed by atoms with Crippen LogP contribution in [0.5, 0.6) is 0 Å². The molecule has 0 spiro atoms. The predicted molar refractivity (Wildman–Crippen MR) is 126 cm³/mol. The molecule has 3 aromatic rings. The summed E-state index contributed by atoms with van der Waals surface area (Å²) in [6.07, 6.45) is 0. The van der Waals surface area contributed by atoms with Crippen molar-refractivity contribution in [3.63, 3.8) is 0 Å². The molecule has 7 heteroatoms. The maximum Gasteiger partial charge on any atom is 0.282 e. The number of halogens is 1. The van der Waals surface area contributed by atoms with E-state index in [0.717, 1.165) is 16.0 Å². The van der Waals surface area contributed by atoms with Crippen molar-refractivity contribution in [2.24, 2.45) is 0 Å². The Bertz CT molecular complexity index is 1300. The molecule has 1 aliphatic heterocycles. The van der Waals surface area contributed by atoms with Gasteiger partial charge in [0.1, 0.15) is 11.5 Å². The van der Waals surface area contributed by atoms with E-state index in [1.165, 1.54) is 31.2 Å². The van der Waals surface area contributed by atoms with Gasteiger partial charge in [0.05, 0.1) is 11.3 Å². The van der Waals surface area contributed by atoms with Gasteiger partial charge in [-0.3, -0.25) is 14.4 Å². The molecule has 166 valence electrons. The third kappa shape index (κ3) is 4.39. The topological polar surface area (TPSA) is 78.5 Å². The first-order valence-electron chi connectivity index (χ1n) is 10.4. The van der Waals surface area contributed by atoms with E-state index >= 15 is 0 Å². The fourth-order valence-electron chi connectivity index (χ4n) is 3.63. The molecule has 1 aliphatic rings. The van der Waals surface area contributed by atoms with E-state index in [0.29, 0.717) is 22.6 Å². The highest BCUT2D eigenvalue weighted by Crippen LogP contribution is 2.34. The van der Waals surface area contributed by atoms with Crippen molar-refractivity contribution < 1.29 is 18.8 Å². The van der Waals surface area contributed by atoms with Gasteiger partial charge in [0.2, 0.25) is 5.91 Å². The minimum Gasteiger partial charge on any atom is -0.350 e. The van der Waals surface area contributed by atoms with Crippen LogP contribution in [-0.4, -0.2) is 17.7 Å². The number of rotatable bonds is 5. The highest BCUT2D eigenvalue weighted by Gasteiger charge is 2.40. The zero-order valence-electron chi connectivity index (χ0n) is 18.4. The van der Waals surface area contributed by atoms with Crippen LogP contribution in [0.2, 0.25) is 0 Å². The molecule has 0 aliphatic carbocycles. The van der Waals surface area contributed by atoms with Gasteiger partial charge >= 0.3 is 0 Å². The van der Waals surface area contributed by atoms with Crippen molar-refractivity contribution in [1.29, 1.82) is 0 Å². The predicted octanol–water partition coefficient (Wildman–Crippen LogP) is 4.80. The summed E-state index contributed by atoms with van der Waals surface area (Å²) in [5.41, 5.74) is 4.40. The molecule has 2 N–H and O–H groups in total. The van der Waals surface area contributed by atoms with E-state index in [1.807, 2.05) is 32.0 Å². The molecular formula is C26H22FN3O3. The van der Waals surface area contributed by atoms with Gasteiger partial charge in [-0.25, -0.2) is 9.29 Å². The van der Waals surface area contributed by atoms with Gasteiger partial charge in [-0.05, 0) is 79.1 Å². The molecule has 0 radical (unpaired) electrons. The zero-order chi connectivity index (χ0) is 23.7. The van der Waals surface area contributed by atoms with Crippen molar-refractivity contribution in [2.75, 3.05) is 15.5 Å². The van der Waals surface area contributed by atoms with E-state index in [4.69, 9.17) is 0 Å². The average molecular weight is 443 g/mol. The minimum atomic E-state index is -0.523. The smallest absolute Gasteiger partial charge is 0.282 e. The number of hydrogen-bond donors (Lipinski definition) is 2. The van der Waals surface area contributed by atoms with Crippen molar-refractivity contribution in [3.05, 3.63) is 94.9 Å². The quantitative estimate of drug-likeness (QED) is 0.556. The Balaban J connectivity index is 1.76. The Morgan fingerprint density at radius 3 is 2.06 bits per heavy atom. The summed E-state index contributed by atoms with van der Waals surface area (Å²) >= 11 is 0. The second-order valence-electron chi connectivity index (χ2n) is 7.85. The molecule has 33 heavy (non-hydrogen) atoms. The lowest BCUT2D eigenvalue weighted by Gasteiger charge is -2.16. The van der Waals surface area contributed by atoms with Crippen molar-refractivity contribution in [1.82, 2.24) is 0 Å². The van der Waals surface area contributed by atoms with E-state index < -0.39 is 17.6 Å². The van der Waals surface area contributed by atoms with Crippen LogP contribution in [0.1, 0.15) is 23.6 Å². The second kappa shape index (κ2) is 8.70. The minimum absolute atomic E-state index is 0.112. The fourth-order valence-corrected chi connectivity index (χ4v) is 3.63. The van der Waals surface area contributed by atoms with Gasteiger partial charge in [-0.15, -0.1) is 0 Å². The molecule has 0 saturated heterocycles. The Morgan fingerprint density at radius 1 is 0.818 bits per heavy atom. The lowest BCUT2D eigenvalue weighted by atomic mass is 10.0. The Hall–Kier alpha value is -4.26. The fraction of sp³-hybridized carbons (Fsp3) is 0.115. The molecule has 0 unspecified atom stereocenters. The Morgan fingerprint density at radius 2 is 1.45 bits per heavy atom. The molecule has 6 nitrogen and oxygen atoms in total. The molecule has 4 rings (SSSR count). The van der Waals surface area contributed by atoms with Gasteiger partial charge in [0.15, 0.2) is 0 Å². The molecule has 1 heterocycles. The summed E-state index contributed by atoms with van der Waals surface area (Å²) in [5, 5.41) is 5.76. The number of carbonyl (C=O) groups excluding carboxylic acids is 3. The molecular weight excluding hydrogens is 421 g/mol. The van der Waals surface area contributed by atoms with Crippen LogP contribution >= 0.6 is 0 Å². The van der Waals surface area contributed by atoms with Crippen LogP contribution < -0.4 is 15.5 Å². The highest BCUT2D eigenvalue weighted by atomic mass is 19.1. The SMILES string of the molecule is CC(=O)Nc1ccc(N2C(=O)C(Nc3ccc(C)c(C)c3)=C(c3ccc(F)cc3)C2=O)cc1. The number of imide groups is 1. The van der Waals surface area contributed by atoms with Crippen molar-refractivity contribution in [2.45, 2.75) is 20.8 Å². The monoisotopic (exact) mass is 443 g/mol. The summed E-state index contributed by atoms with van der Waals surface area (Å²) in [6.45, 7) is 5.34. The number of hydrogen-bond acceptors (Lipinski definition) is 4. The van der Waals surface area contributed by atoms with Crippen molar-refractivity contribution >= 4 is 40.4 Å². The van der Waals surface area contributed by atoms with Crippen LogP contribution in [0, 0.1) is 19.7 Å². The van der Waals surface area contributed by atoms with Crippen LogP contribution in [0.15, 0.2) is 72.4 Å². The first-order valence-corrected chi connectivity index (χ1v) is 10.4. The van der Waals surface area contributed by atoms with Gasteiger partial charge in [-0.1, -0.05) is 18.2 Å². The summed E-state index contributed by atoms with van der Waals surface area (Å²) in [6, 6.07) is 17.5. The van der Waals surface area contributed by atoms with Crippen molar-refractivity contribution in [3.8, 4) is 0 Å². The number of nitrogens with zero attached hydrogens (tertiary/aromatic N) is 1. The molecule has 0 saturated carbocycles. The normalized spacial score (nSPS) is 13.5. The lowest BCUT2D eigenvalue weighted by Crippen LogP contribution is -2.32. The van der Waals surface area contributed by atoms with Crippen LogP contribution in [0.4, 0.5) is 21.5 Å². The summed E-state index contributed by atoms with van der Waals surface area (Å²) < 4.78 is 13.5. The molecule has 0 fully saturated rings.